The molecule has 0 radical (unpaired) electrons. The Bertz CT molecular complexity index is 105. The molecule has 1 heterocycles. The average molecular weight is 167 g/mol. The summed E-state index contributed by atoms with van der Waals surface area (Å²) < 4.78 is 0. The Morgan fingerprint density at radius 3 is 2.42 bits per heavy atom. The maximum atomic E-state index is 3.58. The van der Waals surface area contributed by atoms with E-state index >= 15 is 0 Å². The van der Waals surface area contributed by atoms with Gasteiger partial charge < -0.3 is 5.32 Å². The molecule has 1 aliphatic carbocycles. The first-order valence-corrected chi connectivity index (χ1v) is 5.68. The van der Waals surface area contributed by atoms with Gasteiger partial charge >= 0.3 is 0 Å². The Morgan fingerprint density at radius 1 is 0.917 bits per heavy atom. The molecule has 0 aromatic heterocycles. The average Bonchev–Trinajstić information content (AvgIpc) is 2.74. The summed E-state index contributed by atoms with van der Waals surface area (Å²) in [5, 5.41) is 3.58. The molecule has 0 aromatic rings. The predicted octanol–water partition coefficient (Wildman–Crippen LogP) is 2.71. The summed E-state index contributed by atoms with van der Waals surface area (Å²) in [6.45, 7) is 1.27. The van der Waals surface area contributed by atoms with Gasteiger partial charge in [-0.05, 0) is 38.1 Å². The monoisotopic (exact) mass is 167 g/mol. The number of rotatable bonds is 3. The van der Waals surface area contributed by atoms with Crippen molar-refractivity contribution in [2.75, 3.05) is 6.54 Å². The van der Waals surface area contributed by atoms with Crippen molar-refractivity contribution in [3.63, 3.8) is 0 Å². The molecule has 1 heteroatoms. The quantitative estimate of drug-likeness (QED) is 0.681. The molecule has 1 N–H and O–H groups in total. The van der Waals surface area contributed by atoms with Gasteiger partial charge in [-0.3, -0.25) is 0 Å². The topological polar surface area (TPSA) is 12.0 Å². The maximum Gasteiger partial charge on any atom is 0.00676 e. The van der Waals surface area contributed by atoms with Crippen LogP contribution in [0.25, 0.3) is 0 Å². The maximum absolute atomic E-state index is 3.58. The Balaban J connectivity index is 1.60. The normalized spacial score (nSPS) is 31.5. The van der Waals surface area contributed by atoms with Gasteiger partial charge in [-0.25, -0.2) is 0 Å². The molecule has 0 unspecified atom stereocenters. The van der Waals surface area contributed by atoms with Gasteiger partial charge in [-0.2, -0.15) is 0 Å². The van der Waals surface area contributed by atoms with Crippen molar-refractivity contribution in [2.45, 2.75) is 57.4 Å². The second-order valence-electron chi connectivity index (χ2n) is 4.52. The Morgan fingerprint density at radius 2 is 1.75 bits per heavy atom. The van der Waals surface area contributed by atoms with Crippen molar-refractivity contribution < 1.29 is 0 Å². The van der Waals surface area contributed by atoms with E-state index in [0.29, 0.717) is 0 Å². The molecule has 1 aliphatic heterocycles. The third kappa shape index (κ3) is 2.22. The molecule has 2 aliphatic rings. The molecule has 1 saturated carbocycles. The lowest BCUT2D eigenvalue weighted by Gasteiger charge is -2.13. The molecule has 0 aromatic carbocycles. The highest BCUT2D eigenvalue weighted by molar-refractivity contribution is 4.76. The summed E-state index contributed by atoms with van der Waals surface area (Å²) >= 11 is 0. The number of nitrogens with one attached hydrogen (secondary N) is 1. The first kappa shape index (κ1) is 8.55. The second-order valence-corrected chi connectivity index (χ2v) is 4.52. The van der Waals surface area contributed by atoms with Gasteiger partial charge in [0.15, 0.2) is 0 Å². The molecular weight excluding hydrogens is 146 g/mol. The summed E-state index contributed by atoms with van der Waals surface area (Å²) in [7, 11) is 0. The van der Waals surface area contributed by atoms with Crippen LogP contribution in [0.2, 0.25) is 0 Å². The van der Waals surface area contributed by atoms with E-state index in [0.717, 1.165) is 12.0 Å². The highest BCUT2D eigenvalue weighted by atomic mass is 14.9. The van der Waals surface area contributed by atoms with E-state index in [1.54, 1.807) is 0 Å². The van der Waals surface area contributed by atoms with Crippen molar-refractivity contribution in [1.82, 2.24) is 5.32 Å². The molecule has 1 saturated heterocycles. The summed E-state index contributed by atoms with van der Waals surface area (Å²) in [6, 6.07) is 0.880. The minimum absolute atomic E-state index is 0.880. The van der Waals surface area contributed by atoms with E-state index in [1.165, 1.54) is 57.9 Å². The number of hydrogen-bond donors (Lipinski definition) is 1. The predicted molar refractivity (Wildman–Crippen MR) is 52.2 cm³/mol. The second kappa shape index (κ2) is 4.27. The van der Waals surface area contributed by atoms with Crippen molar-refractivity contribution >= 4 is 0 Å². The Kier molecular flexibility index (Phi) is 3.04. The van der Waals surface area contributed by atoms with Crippen LogP contribution in [0.5, 0.6) is 0 Å². The lowest BCUT2D eigenvalue weighted by atomic mass is 9.98. The first-order chi connectivity index (χ1) is 5.95. The fraction of sp³-hybridized carbons (Fsp3) is 1.00. The third-order valence-electron chi connectivity index (χ3n) is 3.56. The van der Waals surface area contributed by atoms with Crippen molar-refractivity contribution in [1.29, 1.82) is 0 Å². The lowest BCUT2D eigenvalue weighted by Crippen LogP contribution is -2.21. The van der Waals surface area contributed by atoms with Gasteiger partial charge in [0.2, 0.25) is 0 Å². The van der Waals surface area contributed by atoms with Crippen LogP contribution in [0.3, 0.4) is 0 Å². The van der Waals surface area contributed by atoms with Crippen LogP contribution in [-0.2, 0) is 0 Å². The Hall–Kier alpha value is -0.0400. The molecule has 12 heavy (non-hydrogen) atoms. The van der Waals surface area contributed by atoms with Crippen LogP contribution in [0.4, 0.5) is 0 Å². The van der Waals surface area contributed by atoms with Gasteiger partial charge in [-0.1, -0.05) is 25.7 Å². The molecule has 0 amide bonds. The first-order valence-electron chi connectivity index (χ1n) is 5.68. The van der Waals surface area contributed by atoms with E-state index in [1.807, 2.05) is 0 Å². The fourth-order valence-corrected chi connectivity index (χ4v) is 2.74. The van der Waals surface area contributed by atoms with Crippen molar-refractivity contribution in [2.24, 2.45) is 5.92 Å². The smallest absolute Gasteiger partial charge is 0.00676 e. The molecule has 0 bridgehead atoms. The minimum atomic E-state index is 0.880. The fourth-order valence-electron chi connectivity index (χ4n) is 2.74. The van der Waals surface area contributed by atoms with Gasteiger partial charge in [0.05, 0.1) is 0 Å². The minimum Gasteiger partial charge on any atom is -0.314 e. The summed E-state index contributed by atoms with van der Waals surface area (Å²) in [5.74, 6) is 1.09. The van der Waals surface area contributed by atoms with E-state index in [4.69, 9.17) is 0 Å². The van der Waals surface area contributed by atoms with E-state index in [2.05, 4.69) is 5.32 Å². The molecule has 2 fully saturated rings. The molecule has 1 atom stereocenters. The van der Waals surface area contributed by atoms with Crippen LogP contribution < -0.4 is 5.32 Å². The largest absolute Gasteiger partial charge is 0.314 e. The molecule has 70 valence electrons. The van der Waals surface area contributed by atoms with E-state index in [-0.39, 0.29) is 0 Å². The summed E-state index contributed by atoms with van der Waals surface area (Å²) in [4.78, 5) is 0. The lowest BCUT2D eigenvalue weighted by molar-refractivity contribution is 0.432. The summed E-state index contributed by atoms with van der Waals surface area (Å²) in [6.07, 6.45) is 11.8. The third-order valence-corrected chi connectivity index (χ3v) is 3.56. The zero-order valence-electron chi connectivity index (χ0n) is 8.02. The van der Waals surface area contributed by atoms with Crippen molar-refractivity contribution in [3.05, 3.63) is 0 Å². The van der Waals surface area contributed by atoms with Gasteiger partial charge in [0, 0.05) is 6.04 Å². The van der Waals surface area contributed by atoms with E-state index < -0.39 is 0 Å². The van der Waals surface area contributed by atoms with Crippen LogP contribution in [0.1, 0.15) is 51.4 Å². The van der Waals surface area contributed by atoms with Gasteiger partial charge in [0.1, 0.15) is 0 Å². The molecule has 0 spiro atoms. The number of hydrogen-bond acceptors (Lipinski definition) is 1. The van der Waals surface area contributed by atoms with Crippen LogP contribution >= 0.6 is 0 Å². The molecule has 2 rings (SSSR count). The van der Waals surface area contributed by atoms with Crippen LogP contribution in [-0.4, -0.2) is 12.6 Å². The van der Waals surface area contributed by atoms with Crippen LogP contribution in [0.15, 0.2) is 0 Å². The SMILES string of the molecule is C1CCC(CC[C@H]2CCCN2)C1. The summed E-state index contributed by atoms with van der Waals surface area (Å²) in [5.41, 5.74) is 0. The Labute approximate surface area is 75.9 Å². The van der Waals surface area contributed by atoms with Crippen molar-refractivity contribution in [3.8, 4) is 0 Å². The highest BCUT2D eigenvalue weighted by Crippen LogP contribution is 2.29. The standard InChI is InChI=1S/C11H21N/c1-2-5-10(4-1)7-8-11-6-3-9-12-11/h10-12H,1-9H2/t11-/m1/s1. The van der Waals surface area contributed by atoms with E-state index in [9.17, 15) is 0 Å². The molecule has 1 nitrogen and oxygen atoms in total. The highest BCUT2D eigenvalue weighted by Gasteiger charge is 2.18. The van der Waals surface area contributed by atoms with Gasteiger partial charge in [-0.15, -0.1) is 0 Å². The van der Waals surface area contributed by atoms with Gasteiger partial charge in [0.25, 0.3) is 0 Å². The molecular formula is C11H21N. The zero-order valence-corrected chi connectivity index (χ0v) is 8.02. The van der Waals surface area contributed by atoms with Crippen LogP contribution in [0, 0.1) is 5.92 Å². The zero-order chi connectivity index (χ0) is 8.23.